The summed E-state index contributed by atoms with van der Waals surface area (Å²) in [7, 11) is 0. The summed E-state index contributed by atoms with van der Waals surface area (Å²) in [4.78, 5) is 0. The van der Waals surface area contributed by atoms with E-state index in [9.17, 15) is 0 Å². The van der Waals surface area contributed by atoms with E-state index >= 15 is 0 Å². The van der Waals surface area contributed by atoms with E-state index in [1.165, 1.54) is 38.5 Å². The standard InChI is InChI=1S/C12H22N2.2ClH/c13-7-11(14)12-4-8-1-9(5-12)3-10(2-8)6-12;;/h8-11H,1-7,13-14H2;2*1H. The topological polar surface area (TPSA) is 52.0 Å². The second-order valence-corrected chi connectivity index (χ2v) is 6.12. The molecule has 0 radical (unpaired) electrons. The lowest BCUT2D eigenvalue weighted by Crippen LogP contribution is -2.56. The Balaban J connectivity index is 0.000000640. The molecule has 96 valence electrons. The summed E-state index contributed by atoms with van der Waals surface area (Å²) in [6, 6.07) is 0.274. The molecule has 0 spiro atoms. The molecule has 4 heteroatoms. The normalized spacial score (nSPS) is 45.8. The number of nitrogens with two attached hydrogens (primary N) is 2. The first-order chi connectivity index (χ1) is 6.72. The molecule has 4 aliphatic rings. The van der Waals surface area contributed by atoms with Crippen LogP contribution in [0.3, 0.4) is 0 Å². The maximum absolute atomic E-state index is 6.25. The number of hydrogen-bond acceptors (Lipinski definition) is 2. The van der Waals surface area contributed by atoms with Crippen molar-refractivity contribution in [1.29, 1.82) is 0 Å². The molecule has 4 rings (SSSR count). The molecule has 0 amide bonds. The van der Waals surface area contributed by atoms with Gasteiger partial charge in [0, 0.05) is 12.6 Å². The fourth-order valence-electron chi connectivity index (χ4n) is 4.88. The van der Waals surface area contributed by atoms with Gasteiger partial charge in [-0.3, -0.25) is 0 Å². The van der Waals surface area contributed by atoms with Crippen LogP contribution in [0.15, 0.2) is 0 Å². The van der Waals surface area contributed by atoms with Gasteiger partial charge < -0.3 is 11.5 Å². The lowest BCUT2D eigenvalue weighted by Gasteiger charge is -2.58. The number of rotatable bonds is 2. The molecular formula is C12H24Cl2N2. The van der Waals surface area contributed by atoms with Crippen LogP contribution in [-0.2, 0) is 0 Å². The second-order valence-electron chi connectivity index (χ2n) is 6.12. The van der Waals surface area contributed by atoms with Crippen LogP contribution < -0.4 is 11.5 Å². The van der Waals surface area contributed by atoms with Gasteiger partial charge in [0.05, 0.1) is 0 Å². The zero-order valence-electron chi connectivity index (χ0n) is 9.73. The zero-order valence-corrected chi connectivity index (χ0v) is 11.4. The molecule has 0 aromatic carbocycles. The molecule has 0 aliphatic heterocycles. The van der Waals surface area contributed by atoms with Crippen molar-refractivity contribution in [3.8, 4) is 0 Å². The van der Waals surface area contributed by atoms with Crippen LogP contribution in [0.4, 0.5) is 0 Å². The van der Waals surface area contributed by atoms with Crippen molar-refractivity contribution in [2.24, 2.45) is 34.6 Å². The Bertz CT molecular complexity index is 210. The van der Waals surface area contributed by atoms with E-state index < -0.39 is 0 Å². The third-order valence-corrected chi connectivity index (χ3v) is 5.13. The van der Waals surface area contributed by atoms with Gasteiger partial charge in [-0.25, -0.2) is 0 Å². The first-order valence-electron chi connectivity index (χ1n) is 6.17. The van der Waals surface area contributed by atoms with E-state index in [2.05, 4.69) is 0 Å². The van der Waals surface area contributed by atoms with E-state index in [0.717, 1.165) is 17.8 Å². The lowest BCUT2D eigenvalue weighted by molar-refractivity contribution is -0.0652. The summed E-state index contributed by atoms with van der Waals surface area (Å²) in [5.74, 6) is 3.00. The zero-order chi connectivity index (χ0) is 9.76. The third kappa shape index (κ3) is 2.10. The van der Waals surface area contributed by atoms with Crippen molar-refractivity contribution < 1.29 is 0 Å². The Morgan fingerprint density at radius 1 is 0.938 bits per heavy atom. The molecule has 4 aliphatic carbocycles. The van der Waals surface area contributed by atoms with Gasteiger partial charge in [-0.15, -0.1) is 24.8 Å². The van der Waals surface area contributed by atoms with Gasteiger partial charge in [-0.05, 0) is 61.7 Å². The Kier molecular flexibility index (Phi) is 4.56. The van der Waals surface area contributed by atoms with Gasteiger partial charge in [-0.2, -0.15) is 0 Å². The molecular weight excluding hydrogens is 243 g/mol. The quantitative estimate of drug-likeness (QED) is 0.806. The van der Waals surface area contributed by atoms with Gasteiger partial charge in [0.1, 0.15) is 0 Å². The van der Waals surface area contributed by atoms with E-state index in [1.807, 2.05) is 0 Å². The highest BCUT2D eigenvalue weighted by molar-refractivity contribution is 5.85. The van der Waals surface area contributed by atoms with E-state index in [0.29, 0.717) is 12.0 Å². The van der Waals surface area contributed by atoms with Crippen LogP contribution in [-0.4, -0.2) is 12.6 Å². The molecule has 4 fully saturated rings. The first kappa shape index (κ1) is 14.6. The Morgan fingerprint density at radius 2 is 1.31 bits per heavy atom. The largest absolute Gasteiger partial charge is 0.329 e. The summed E-state index contributed by atoms with van der Waals surface area (Å²) in [6.07, 6.45) is 8.65. The summed E-state index contributed by atoms with van der Waals surface area (Å²) in [5, 5.41) is 0. The fourth-order valence-corrected chi connectivity index (χ4v) is 4.88. The van der Waals surface area contributed by atoms with Crippen LogP contribution in [0.25, 0.3) is 0 Å². The van der Waals surface area contributed by atoms with Gasteiger partial charge in [0.15, 0.2) is 0 Å². The van der Waals surface area contributed by atoms with E-state index in [4.69, 9.17) is 11.5 Å². The second kappa shape index (κ2) is 5.01. The maximum atomic E-state index is 6.25. The predicted octanol–water partition coefficient (Wildman–Crippen LogP) is 2.33. The number of halogens is 2. The fraction of sp³-hybridized carbons (Fsp3) is 1.00. The van der Waals surface area contributed by atoms with Gasteiger partial charge in [-0.1, -0.05) is 0 Å². The number of hydrogen-bond donors (Lipinski definition) is 2. The summed E-state index contributed by atoms with van der Waals surface area (Å²) < 4.78 is 0. The highest BCUT2D eigenvalue weighted by atomic mass is 35.5. The predicted molar refractivity (Wildman–Crippen MR) is 72.1 cm³/mol. The van der Waals surface area contributed by atoms with Crippen LogP contribution in [0.2, 0.25) is 0 Å². The molecule has 0 heterocycles. The third-order valence-electron chi connectivity index (χ3n) is 5.13. The molecule has 16 heavy (non-hydrogen) atoms. The molecule has 4 saturated carbocycles. The minimum absolute atomic E-state index is 0. The maximum Gasteiger partial charge on any atom is 0.0220 e. The van der Waals surface area contributed by atoms with Crippen molar-refractivity contribution in [1.82, 2.24) is 0 Å². The lowest BCUT2D eigenvalue weighted by atomic mass is 9.48. The first-order valence-corrected chi connectivity index (χ1v) is 6.17. The van der Waals surface area contributed by atoms with Crippen molar-refractivity contribution in [3.05, 3.63) is 0 Å². The van der Waals surface area contributed by atoms with Gasteiger partial charge >= 0.3 is 0 Å². The molecule has 0 saturated heterocycles. The van der Waals surface area contributed by atoms with Crippen molar-refractivity contribution in [2.45, 2.75) is 44.6 Å². The van der Waals surface area contributed by atoms with Crippen LogP contribution in [0, 0.1) is 23.2 Å². The Hall–Kier alpha value is 0.500. The van der Waals surface area contributed by atoms with Gasteiger partial charge in [0.2, 0.25) is 0 Å². The van der Waals surface area contributed by atoms with Crippen molar-refractivity contribution >= 4 is 24.8 Å². The highest BCUT2D eigenvalue weighted by Crippen LogP contribution is 2.60. The Labute approximate surface area is 111 Å². The van der Waals surface area contributed by atoms with Crippen molar-refractivity contribution in [3.63, 3.8) is 0 Å². The smallest absolute Gasteiger partial charge is 0.0220 e. The highest BCUT2D eigenvalue weighted by Gasteiger charge is 2.52. The molecule has 4 N–H and O–H groups in total. The van der Waals surface area contributed by atoms with Crippen LogP contribution >= 0.6 is 24.8 Å². The summed E-state index contributed by atoms with van der Waals surface area (Å²) >= 11 is 0. The van der Waals surface area contributed by atoms with E-state index in [-0.39, 0.29) is 30.9 Å². The monoisotopic (exact) mass is 266 g/mol. The average molecular weight is 267 g/mol. The molecule has 4 bridgehead atoms. The van der Waals surface area contributed by atoms with Crippen LogP contribution in [0.5, 0.6) is 0 Å². The Morgan fingerprint density at radius 3 is 1.62 bits per heavy atom. The SMILES string of the molecule is Cl.Cl.NCC(N)C12CC3CC(CC(C3)C1)C2. The summed E-state index contributed by atoms with van der Waals surface area (Å²) in [6.45, 7) is 0.687. The minimum Gasteiger partial charge on any atom is -0.329 e. The van der Waals surface area contributed by atoms with Crippen molar-refractivity contribution in [2.75, 3.05) is 6.54 Å². The van der Waals surface area contributed by atoms with E-state index in [1.54, 1.807) is 0 Å². The molecule has 0 aromatic rings. The molecule has 1 unspecified atom stereocenters. The van der Waals surface area contributed by atoms with Crippen LogP contribution in [0.1, 0.15) is 38.5 Å². The molecule has 0 aromatic heterocycles. The molecule has 1 atom stereocenters. The molecule has 2 nitrogen and oxygen atoms in total. The average Bonchev–Trinajstić information content (AvgIpc) is 2.14. The van der Waals surface area contributed by atoms with Gasteiger partial charge in [0.25, 0.3) is 0 Å². The summed E-state index contributed by atoms with van der Waals surface area (Å²) in [5.41, 5.74) is 12.5. The minimum atomic E-state index is 0.